The van der Waals surface area contributed by atoms with E-state index in [4.69, 9.17) is 0 Å². The number of aryl methyl sites for hydroxylation is 2. The highest BCUT2D eigenvalue weighted by Gasteiger charge is 2.16. The van der Waals surface area contributed by atoms with E-state index >= 15 is 0 Å². The molecule has 0 aliphatic carbocycles. The summed E-state index contributed by atoms with van der Waals surface area (Å²) in [4.78, 5) is 0. The Labute approximate surface area is 84.7 Å². The minimum Gasteiger partial charge on any atom is -0.314 e. The molecule has 2 N–H and O–H groups in total. The Morgan fingerprint density at radius 3 is 3.00 bits per heavy atom. The Balaban J connectivity index is 1.92. The summed E-state index contributed by atoms with van der Waals surface area (Å²) in [6, 6.07) is 0.653. The average Bonchev–Trinajstić information content (AvgIpc) is 2.43. The molecular formula is C10H18N4. The topological polar surface area (TPSA) is 41.9 Å². The molecule has 1 aliphatic heterocycles. The molecule has 0 spiro atoms. The summed E-state index contributed by atoms with van der Waals surface area (Å²) in [6.45, 7) is 5.30. The molecule has 0 unspecified atom stereocenters. The van der Waals surface area contributed by atoms with Crippen LogP contribution in [0.2, 0.25) is 0 Å². The summed E-state index contributed by atoms with van der Waals surface area (Å²) in [6.07, 6.45) is 3.12. The first-order chi connectivity index (χ1) is 6.79. The first-order valence-electron chi connectivity index (χ1n) is 5.25. The van der Waals surface area contributed by atoms with Crippen LogP contribution >= 0.6 is 0 Å². The van der Waals surface area contributed by atoms with E-state index in [2.05, 4.69) is 28.9 Å². The third-order valence-corrected chi connectivity index (χ3v) is 2.69. The van der Waals surface area contributed by atoms with E-state index in [0.717, 1.165) is 26.1 Å². The van der Waals surface area contributed by atoms with Crippen LogP contribution in [0.3, 0.4) is 0 Å². The average molecular weight is 194 g/mol. The zero-order valence-electron chi connectivity index (χ0n) is 8.88. The monoisotopic (exact) mass is 194 g/mol. The Bertz CT molecular complexity index is 301. The highest BCUT2D eigenvalue weighted by atomic mass is 15.3. The summed E-state index contributed by atoms with van der Waals surface area (Å²) in [5.41, 5.74) is 2.55. The molecule has 0 aromatic carbocycles. The van der Waals surface area contributed by atoms with E-state index in [1.807, 2.05) is 11.7 Å². The summed E-state index contributed by atoms with van der Waals surface area (Å²) >= 11 is 0. The fourth-order valence-electron chi connectivity index (χ4n) is 1.72. The highest BCUT2D eigenvalue weighted by Crippen LogP contribution is 2.07. The van der Waals surface area contributed by atoms with Crippen LogP contribution < -0.4 is 10.6 Å². The summed E-state index contributed by atoms with van der Waals surface area (Å²) < 4.78 is 1.90. The van der Waals surface area contributed by atoms with Crippen molar-refractivity contribution in [3.8, 4) is 0 Å². The van der Waals surface area contributed by atoms with Crippen molar-refractivity contribution in [3.05, 3.63) is 17.5 Å². The van der Waals surface area contributed by atoms with Crippen LogP contribution in [0.25, 0.3) is 0 Å². The molecule has 0 atom stereocenters. The highest BCUT2D eigenvalue weighted by molar-refractivity contribution is 5.16. The van der Waals surface area contributed by atoms with Crippen LogP contribution in [-0.4, -0.2) is 28.9 Å². The number of rotatable bonds is 4. The van der Waals surface area contributed by atoms with Crippen LogP contribution in [-0.2, 0) is 20.0 Å². The van der Waals surface area contributed by atoms with E-state index in [0.29, 0.717) is 6.04 Å². The van der Waals surface area contributed by atoms with Gasteiger partial charge in [-0.2, -0.15) is 5.10 Å². The second kappa shape index (κ2) is 4.11. The molecule has 1 saturated heterocycles. The third kappa shape index (κ3) is 1.96. The van der Waals surface area contributed by atoms with Gasteiger partial charge in [0.25, 0.3) is 0 Å². The van der Waals surface area contributed by atoms with E-state index in [-0.39, 0.29) is 0 Å². The molecule has 1 fully saturated rings. The van der Waals surface area contributed by atoms with Crippen molar-refractivity contribution in [1.29, 1.82) is 0 Å². The second-order valence-corrected chi connectivity index (χ2v) is 3.86. The molecule has 1 aliphatic rings. The SMILES string of the molecule is CCc1nn(C)cc1CNC1CNC1. The molecule has 0 saturated carbocycles. The van der Waals surface area contributed by atoms with Crippen LogP contribution in [0.5, 0.6) is 0 Å². The van der Waals surface area contributed by atoms with Gasteiger partial charge in [-0.1, -0.05) is 6.92 Å². The largest absolute Gasteiger partial charge is 0.314 e. The first-order valence-corrected chi connectivity index (χ1v) is 5.25. The molecule has 4 nitrogen and oxygen atoms in total. The van der Waals surface area contributed by atoms with Crippen LogP contribution in [0.1, 0.15) is 18.2 Å². The van der Waals surface area contributed by atoms with Gasteiger partial charge in [0.2, 0.25) is 0 Å². The Kier molecular flexibility index (Phi) is 2.84. The number of hydrogen-bond acceptors (Lipinski definition) is 3. The zero-order valence-corrected chi connectivity index (χ0v) is 8.88. The van der Waals surface area contributed by atoms with E-state index < -0.39 is 0 Å². The first kappa shape index (κ1) is 9.68. The van der Waals surface area contributed by atoms with Crippen LogP contribution in [0.15, 0.2) is 6.20 Å². The van der Waals surface area contributed by atoms with Gasteiger partial charge in [-0.3, -0.25) is 4.68 Å². The molecule has 4 heteroatoms. The lowest BCUT2D eigenvalue weighted by atomic mass is 10.1. The molecule has 0 amide bonds. The molecule has 14 heavy (non-hydrogen) atoms. The molecule has 1 aromatic rings. The molecule has 2 rings (SSSR count). The molecule has 1 aromatic heterocycles. The lowest BCUT2D eigenvalue weighted by Crippen LogP contribution is -2.55. The summed E-state index contributed by atoms with van der Waals surface area (Å²) in [7, 11) is 1.98. The van der Waals surface area contributed by atoms with Gasteiger partial charge in [-0.25, -0.2) is 0 Å². The lowest BCUT2D eigenvalue weighted by Gasteiger charge is -2.28. The van der Waals surface area contributed by atoms with E-state index in [1.54, 1.807) is 0 Å². The fourth-order valence-corrected chi connectivity index (χ4v) is 1.72. The van der Waals surface area contributed by atoms with E-state index in [9.17, 15) is 0 Å². The third-order valence-electron chi connectivity index (χ3n) is 2.69. The van der Waals surface area contributed by atoms with Gasteiger partial charge in [0.15, 0.2) is 0 Å². The minimum atomic E-state index is 0.653. The predicted octanol–water partition coefficient (Wildman–Crippen LogP) is 0.0439. The van der Waals surface area contributed by atoms with Gasteiger partial charge in [0, 0.05) is 44.5 Å². The molecule has 0 radical (unpaired) electrons. The number of nitrogens with zero attached hydrogens (tertiary/aromatic N) is 2. The molecule has 78 valence electrons. The van der Waals surface area contributed by atoms with Gasteiger partial charge in [0.1, 0.15) is 0 Å². The summed E-state index contributed by atoms with van der Waals surface area (Å²) in [5, 5.41) is 11.2. The number of aromatic nitrogens is 2. The van der Waals surface area contributed by atoms with Crippen molar-refractivity contribution in [2.75, 3.05) is 13.1 Å². The Hall–Kier alpha value is -0.870. The fraction of sp³-hybridized carbons (Fsp3) is 0.700. The van der Waals surface area contributed by atoms with Gasteiger partial charge in [-0.05, 0) is 6.42 Å². The smallest absolute Gasteiger partial charge is 0.0666 e. The quantitative estimate of drug-likeness (QED) is 0.711. The maximum Gasteiger partial charge on any atom is 0.0666 e. The second-order valence-electron chi connectivity index (χ2n) is 3.86. The predicted molar refractivity (Wildman–Crippen MR) is 56.1 cm³/mol. The number of hydrogen-bond donors (Lipinski definition) is 2. The van der Waals surface area contributed by atoms with Crippen molar-refractivity contribution in [3.63, 3.8) is 0 Å². The molecular weight excluding hydrogens is 176 g/mol. The van der Waals surface area contributed by atoms with Crippen molar-refractivity contribution in [1.82, 2.24) is 20.4 Å². The van der Waals surface area contributed by atoms with Crippen LogP contribution in [0, 0.1) is 0 Å². The lowest BCUT2D eigenvalue weighted by molar-refractivity contribution is 0.365. The summed E-state index contributed by atoms with van der Waals surface area (Å²) in [5.74, 6) is 0. The van der Waals surface area contributed by atoms with Gasteiger partial charge < -0.3 is 10.6 Å². The van der Waals surface area contributed by atoms with Crippen LogP contribution in [0.4, 0.5) is 0 Å². The van der Waals surface area contributed by atoms with Crippen molar-refractivity contribution in [2.45, 2.75) is 25.9 Å². The van der Waals surface area contributed by atoms with Gasteiger partial charge in [-0.15, -0.1) is 0 Å². The van der Waals surface area contributed by atoms with Crippen molar-refractivity contribution in [2.24, 2.45) is 7.05 Å². The molecule has 2 heterocycles. The van der Waals surface area contributed by atoms with E-state index in [1.165, 1.54) is 11.3 Å². The Morgan fingerprint density at radius 1 is 1.64 bits per heavy atom. The number of nitrogens with one attached hydrogen (secondary N) is 2. The minimum absolute atomic E-state index is 0.653. The van der Waals surface area contributed by atoms with Crippen molar-refractivity contribution < 1.29 is 0 Å². The van der Waals surface area contributed by atoms with Gasteiger partial charge >= 0.3 is 0 Å². The maximum atomic E-state index is 4.41. The van der Waals surface area contributed by atoms with Gasteiger partial charge in [0.05, 0.1) is 5.69 Å². The maximum absolute atomic E-state index is 4.41. The molecule has 0 bridgehead atoms. The zero-order chi connectivity index (χ0) is 9.97. The standard InChI is InChI=1S/C10H18N4/c1-3-10-8(7-14(2)13-10)4-12-9-5-11-6-9/h7,9,11-12H,3-6H2,1-2H3. The van der Waals surface area contributed by atoms with Crippen molar-refractivity contribution >= 4 is 0 Å². The Morgan fingerprint density at radius 2 is 2.43 bits per heavy atom. The normalized spacial score (nSPS) is 17.0.